The molecule has 18 heavy (non-hydrogen) atoms. The molecule has 1 heterocycles. The molecule has 1 aromatic heterocycles. The first-order chi connectivity index (χ1) is 8.81. The summed E-state index contributed by atoms with van der Waals surface area (Å²) in [5, 5.41) is 8.76. The van der Waals surface area contributed by atoms with E-state index in [2.05, 4.69) is 16.8 Å². The third kappa shape index (κ3) is 3.10. The number of rotatable bonds is 1. The quantitative estimate of drug-likeness (QED) is 0.578. The molecule has 0 aliphatic carbocycles. The average Bonchev–Trinajstić information content (AvgIpc) is 2.45. The maximum absolute atomic E-state index is 8.76. The second kappa shape index (κ2) is 5.87. The summed E-state index contributed by atoms with van der Waals surface area (Å²) in [7, 11) is 0. The van der Waals surface area contributed by atoms with Crippen LogP contribution in [0.2, 0.25) is 0 Å². The van der Waals surface area contributed by atoms with E-state index < -0.39 is 0 Å². The Hall–Kier alpha value is -2.29. The minimum atomic E-state index is 0.473. The first-order valence-electron chi connectivity index (χ1n) is 5.34. The fourth-order valence-electron chi connectivity index (χ4n) is 1.45. The molecule has 0 N–H and O–H groups in total. The van der Waals surface area contributed by atoms with Crippen molar-refractivity contribution in [3.05, 3.63) is 65.0 Å². The number of hydrogen-bond acceptors (Lipinski definition) is 2. The number of nitrogens with zero attached hydrogens (tertiary/aromatic N) is 2. The molecule has 1 aromatic carbocycles. The van der Waals surface area contributed by atoms with E-state index in [9.17, 15) is 0 Å². The van der Waals surface area contributed by atoms with Gasteiger partial charge in [0, 0.05) is 29.4 Å². The molecule has 0 aliphatic heterocycles. The molecule has 0 saturated carbocycles. The highest BCUT2D eigenvalue weighted by molar-refractivity contribution is 6.17. The van der Waals surface area contributed by atoms with Crippen LogP contribution in [-0.4, -0.2) is 4.98 Å². The van der Waals surface area contributed by atoms with Crippen LogP contribution in [-0.2, 0) is 5.88 Å². The Balaban J connectivity index is 2.28. The van der Waals surface area contributed by atoms with Crippen LogP contribution in [0.1, 0.15) is 22.3 Å². The van der Waals surface area contributed by atoms with Gasteiger partial charge in [0.1, 0.15) is 6.07 Å². The number of hydrogen-bond donors (Lipinski definition) is 0. The molecular formula is C15H9ClN2. The van der Waals surface area contributed by atoms with Crippen molar-refractivity contribution in [2.24, 2.45) is 0 Å². The topological polar surface area (TPSA) is 36.7 Å². The number of aromatic nitrogens is 1. The number of halogens is 1. The van der Waals surface area contributed by atoms with E-state index in [1.807, 2.05) is 30.3 Å². The molecule has 2 aromatic rings. The Bertz CT molecular complexity index is 660. The average molecular weight is 253 g/mol. The lowest BCUT2D eigenvalue weighted by Gasteiger charge is -1.95. The summed E-state index contributed by atoms with van der Waals surface area (Å²) in [5.74, 6) is 6.48. The van der Waals surface area contributed by atoms with Crippen LogP contribution in [0.5, 0.6) is 0 Å². The van der Waals surface area contributed by atoms with Gasteiger partial charge in [-0.2, -0.15) is 5.26 Å². The minimum absolute atomic E-state index is 0.473. The maximum atomic E-state index is 8.76. The molecule has 86 valence electrons. The van der Waals surface area contributed by atoms with Crippen LogP contribution < -0.4 is 0 Å². The number of pyridine rings is 1. The fourth-order valence-corrected chi connectivity index (χ4v) is 1.61. The van der Waals surface area contributed by atoms with E-state index in [0.717, 1.165) is 16.7 Å². The highest BCUT2D eigenvalue weighted by atomic mass is 35.5. The molecule has 0 aliphatic rings. The van der Waals surface area contributed by atoms with Crippen molar-refractivity contribution in [1.29, 1.82) is 5.26 Å². The molecule has 0 fully saturated rings. The number of benzene rings is 1. The zero-order valence-corrected chi connectivity index (χ0v) is 10.3. The van der Waals surface area contributed by atoms with Crippen LogP contribution >= 0.6 is 11.6 Å². The van der Waals surface area contributed by atoms with Gasteiger partial charge in [-0.05, 0) is 23.8 Å². The molecule has 2 rings (SSSR count). The molecule has 0 spiro atoms. The van der Waals surface area contributed by atoms with E-state index in [1.54, 1.807) is 12.3 Å². The second-order valence-electron chi connectivity index (χ2n) is 3.66. The van der Waals surface area contributed by atoms with Crippen molar-refractivity contribution >= 4 is 11.6 Å². The van der Waals surface area contributed by atoms with Crippen LogP contribution in [0.3, 0.4) is 0 Å². The highest BCUT2D eigenvalue weighted by Gasteiger charge is 1.93. The van der Waals surface area contributed by atoms with Gasteiger partial charge in [0.25, 0.3) is 0 Å². The zero-order chi connectivity index (χ0) is 12.8. The lowest BCUT2D eigenvalue weighted by Crippen LogP contribution is -1.83. The van der Waals surface area contributed by atoms with Gasteiger partial charge in [-0.15, -0.1) is 11.6 Å². The minimum Gasteiger partial charge on any atom is -0.262 e. The predicted molar refractivity (Wildman–Crippen MR) is 70.9 cm³/mol. The van der Waals surface area contributed by atoms with Gasteiger partial charge in [-0.1, -0.05) is 24.0 Å². The molecule has 3 heteroatoms. The lowest BCUT2D eigenvalue weighted by atomic mass is 10.1. The zero-order valence-electron chi connectivity index (χ0n) is 9.52. The smallest absolute Gasteiger partial charge is 0.101 e. The lowest BCUT2D eigenvalue weighted by molar-refractivity contribution is 1.29. The normalized spacial score (nSPS) is 9.11. The van der Waals surface area contributed by atoms with Crippen molar-refractivity contribution in [3.63, 3.8) is 0 Å². The van der Waals surface area contributed by atoms with Crippen molar-refractivity contribution in [2.45, 2.75) is 5.88 Å². The maximum Gasteiger partial charge on any atom is 0.101 e. The number of alkyl halides is 1. The Labute approximate surface area is 111 Å². The largest absolute Gasteiger partial charge is 0.262 e. The first kappa shape index (κ1) is 12.2. The van der Waals surface area contributed by atoms with E-state index in [0.29, 0.717) is 11.4 Å². The third-order valence-corrected chi connectivity index (χ3v) is 2.61. The summed E-state index contributed by atoms with van der Waals surface area (Å²) in [6, 6.07) is 11.5. The molecule has 0 unspecified atom stereocenters. The van der Waals surface area contributed by atoms with Gasteiger partial charge in [-0.3, -0.25) is 4.98 Å². The standard InChI is InChI=1S/C15H9ClN2/c16-8-13-3-1-2-12(6-13)4-5-14-7-15(9-17)11-18-10-14/h1-3,6-7,10-11H,8H2. The third-order valence-electron chi connectivity index (χ3n) is 2.30. The second-order valence-corrected chi connectivity index (χ2v) is 3.93. The highest BCUT2D eigenvalue weighted by Crippen LogP contribution is 2.07. The molecule has 0 radical (unpaired) electrons. The Morgan fingerprint density at radius 3 is 2.61 bits per heavy atom. The molecule has 2 nitrogen and oxygen atoms in total. The summed E-state index contributed by atoms with van der Waals surface area (Å²) in [5.41, 5.74) is 3.17. The van der Waals surface area contributed by atoms with E-state index >= 15 is 0 Å². The van der Waals surface area contributed by atoms with Crippen LogP contribution in [0, 0.1) is 23.2 Å². The van der Waals surface area contributed by atoms with Gasteiger partial charge in [0.15, 0.2) is 0 Å². The summed E-state index contributed by atoms with van der Waals surface area (Å²) in [6.45, 7) is 0. The van der Waals surface area contributed by atoms with E-state index in [1.165, 1.54) is 6.20 Å². The molecule has 0 amide bonds. The Kier molecular flexibility index (Phi) is 3.97. The predicted octanol–water partition coefficient (Wildman–Crippen LogP) is 3.09. The summed E-state index contributed by atoms with van der Waals surface area (Å²) < 4.78 is 0. The van der Waals surface area contributed by atoms with Crippen molar-refractivity contribution in [1.82, 2.24) is 4.98 Å². The number of nitriles is 1. The van der Waals surface area contributed by atoms with Crippen LogP contribution in [0.25, 0.3) is 0 Å². The van der Waals surface area contributed by atoms with Gasteiger partial charge >= 0.3 is 0 Å². The molecule has 0 atom stereocenters. The van der Waals surface area contributed by atoms with Gasteiger partial charge in [0.2, 0.25) is 0 Å². The van der Waals surface area contributed by atoms with Gasteiger partial charge in [0.05, 0.1) is 5.56 Å². The first-order valence-corrected chi connectivity index (χ1v) is 5.87. The van der Waals surface area contributed by atoms with Crippen molar-refractivity contribution < 1.29 is 0 Å². The molecular weight excluding hydrogens is 244 g/mol. The summed E-state index contributed by atoms with van der Waals surface area (Å²) >= 11 is 5.76. The molecule has 0 saturated heterocycles. The fraction of sp³-hybridized carbons (Fsp3) is 0.0667. The van der Waals surface area contributed by atoms with Crippen molar-refractivity contribution in [3.8, 4) is 17.9 Å². The SMILES string of the molecule is N#Cc1cncc(C#Cc2cccc(CCl)c2)c1. The van der Waals surface area contributed by atoms with Crippen LogP contribution in [0.15, 0.2) is 42.7 Å². The Morgan fingerprint density at radius 1 is 1.06 bits per heavy atom. The molecule has 0 bridgehead atoms. The van der Waals surface area contributed by atoms with E-state index in [-0.39, 0.29) is 0 Å². The van der Waals surface area contributed by atoms with Crippen molar-refractivity contribution in [2.75, 3.05) is 0 Å². The Morgan fingerprint density at radius 2 is 1.83 bits per heavy atom. The monoisotopic (exact) mass is 252 g/mol. The summed E-state index contributed by atoms with van der Waals surface area (Å²) in [4.78, 5) is 3.96. The summed E-state index contributed by atoms with van der Waals surface area (Å²) in [6.07, 6.45) is 3.15. The van der Waals surface area contributed by atoms with Gasteiger partial charge < -0.3 is 0 Å². The van der Waals surface area contributed by atoms with Crippen LogP contribution in [0.4, 0.5) is 0 Å². The van der Waals surface area contributed by atoms with Gasteiger partial charge in [-0.25, -0.2) is 0 Å². The van der Waals surface area contributed by atoms with E-state index in [4.69, 9.17) is 16.9 Å².